The number of aryl methyl sites for hydroxylation is 3. The van der Waals surface area contributed by atoms with E-state index >= 15 is 0 Å². The Morgan fingerprint density at radius 3 is 2.70 bits per heavy atom. The van der Waals surface area contributed by atoms with Gasteiger partial charge in [-0.05, 0) is 60.3 Å². The number of nitrogens with two attached hydrogens (primary N) is 1. The van der Waals surface area contributed by atoms with E-state index in [0.717, 1.165) is 36.0 Å². The summed E-state index contributed by atoms with van der Waals surface area (Å²) in [4.78, 5) is 4.03. The Labute approximate surface area is 128 Å². The molecule has 1 unspecified atom stereocenters. The fourth-order valence-electron chi connectivity index (χ4n) is 2.32. The number of halogens is 1. The van der Waals surface area contributed by atoms with Crippen molar-refractivity contribution in [3.05, 3.63) is 46.0 Å². The fraction of sp³-hybridized carbons (Fsp3) is 0.467. The summed E-state index contributed by atoms with van der Waals surface area (Å²) in [5.41, 5.74) is 9.80. The molecule has 0 aromatic carbocycles. The predicted molar refractivity (Wildman–Crippen MR) is 84.6 cm³/mol. The first-order chi connectivity index (χ1) is 9.61. The Balaban J connectivity index is 1.96. The van der Waals surface area contributed by atoms with E-state index in [9.17, 15) is 0 Å². The van der Waals surface area contributed by atoms with Gasteiger partial charge in [-0.1, -0.05) is 0 Å². The Kier molecular flexibility index (Phi) is 5.31. The minimum absolute atomic E-state index is 0.140. The zero-order valence-corrected chi connectivity index (χ0v) is 13.6. The zero-order chi connectivity index (χ0) is 14.5. The van der Waals surface area contributed by atoms with Crippen molar-refractivity contribution in [2.45, 2.75) is 45.7 Å². The minimum atomic E-state index is 0.140. The lowest BCUT2D eigenvalue weighted by molar-refractivity contribution is 0.553. The van der Waals surface area contributed by atoms with Gasteiger partial charge in [0.2, 0.25) is 0 Å². The van der Waals surface area contributed by atoms with Crippen molar-refractivity contribution in [3.8, 4) is 0 Å². The van der Waals surface area contributed by atoms with E-state index in [1.165, 1.54) is 11.3 Å². The van der Waals surface area contributed by atoms with E-state index < -0.39 is 0 Å². The van der Waals surface area contributed by atoms with Crippen molar-refractivity contribution in [1.82, 2.24) is 14.8 Å². The molecule has 0 aliphatic carbocycles. The molecule has 108 valence electrons. The predicted octanol–water partition coefficient (Wildman–Crippen LogP) is 2.87. The van der Waals surface area contributed by atoms with Crippen LogP contribution in [0, 0.1) is 6.92 Å². The lowest BCUT2D eigenvalue weighted by Crippen LogP contribution is -2.25. The van der Waals surface area contributed by atoms with Crippen molar-refractivity contribution in [3.63, 3.8) is 0 Å². The van der Waals surface area contributed by atoms with Gasteiger partial charge >= 0.3 is 0 Å². The fourth-order valence-corrected chi connectivity index (χ4v) is 2.76. The van der Waals surface area contributed by atoms with Crippen LogP contribution in [0.2, 0.25) is 0 Å². The van der Waals surface area contributed by atoms with Crippen molar-refractivity contribution in [1.29, 1.82) is 0 Å². The highest BCUT2D eigenvalue weighted by Gasteiger charge is 2.15. The van der Waals surface area contributed by atoms with Crippen LogP contribution < -0.4 is 5.73 Å². The molecule has 2 heterocycles. The summed E-state index contributed by atoms with van der Waals surface area (Å²) in [7, 11) is 0. The first-order valence-electron chi connectivity index (χ1n) is 6.98. The molecule has 0 saturated heterocycles. The summed E-state index contributed by atoms with van der Waals surface area (Å²) >= 11 is 3.62. The SMILES string of the molecule is CCn1nc(C)c(Br)c1CC(N)CCc1ccncc1. The lowest BCUT2D eigenvalue weighted by atomic mass is 10.0. The molecule has 2 aromatic heterocycles. The summed E-state index contributed by atoms with van der Waals surface area (Å²) in [6.07, 6.45) is 6.45. The van der Waals surface area contributed by atoms with Crippen LogP contribution in [-0.4, -0.2) is 20.8 Å². The maximum atomic E-state index is 6.28. The van der Waals surface area contributed by atoms with Gasteiger partial charge in [0.1, 0.15) is 0 Å². The van der Waals surface area contributed by atoms with Gasteiger partial charge < -0.3 is 5.73 Å². The molecule has 0 amide bonds. The van der Waals surface area contributed by atoms with E-state index in [1.807, 2.05) is 36.1 Å². The van der Waals surface area contributed by atoms with Crippen LogP contribution in [0.5, 0.6) is 0 Å². The van der Waals surface area contributed by atoms with Gasteiger partial charge in [-0.25, -0.2) is 0 Å². The summed E-state index contributed by atoms with van der Waals surface area (Å²) < 4.78 is 3.13. The second-order valence-electron chi connectivity index (χ2n) is 5.02. The van der Waals surface area contributed by atoms with E-state index in [4.69, 9.17) is 5.73 Å². The maximum Gasteiger partial charge on any atom is 0.0738 e. The highest BCUT2D eigenvalue weighted by molar-refractivity contribution is 9.10. The standard InChI is InChI=1S/C15H21BrN4/c1-3-20-14(15(16)11(2)19-20)10-13(17)5-4-12-6-8-18-9-7-12/h6-9,13H,3-5,10,17H2,1-2H3. The van der Waals surface area contributed by atoms with Crippen molar-refractivity contribution in [2.75, 3.05) is 0 Å². The van der Waals surface area contributed by atoms with E-state index in [-0.39, 0.29) is 6.04 Å². The first-order valence-corrected chi connectivity index (χ1v) is 7.77. The molecule has 0 saturated carbocycles. The maximum absolute atomic E-state index is 6.28. The molecule has 1 atom stereocenters. The number of hydrogen-bond acceptors (Lipinski definition) is 3. The van der Waals surface area contributed by atoms with Crippen LogP contribution in [0.1, 0.15) is 30.3 Å². The largest absolute Gasteiger partial charge is 0.327 e. The van der Waals surface area contributed by atoms with E-state index in [2.05, 4.69) is 32.9 Å². The molecule has 2 rings (SSSR count). The molecule has 20 heavy (non-hydrogen) atoms. The van der Waals surface area contributed by atoms with Gasteiger partial charge in [-0.2, -0.15) is 5.10 Å². The number of rotatable bonds is 6. The topological polar surface area (TPSA) is 56.7 Å². The van der Waals surface area contributed by atoms with Crippen molar-refractivity contribution >= 4 is 15.9 Å². The quantitative estimate of drug-likeness (QED) is 0.882. The van der Waals surface area contributed by atoms with Gasteiger partial charge in [0.05, 0.1) is 15.9 Å². The summed E-state index contributed by atoms with van der Waals surface area (Å²) in [6.45, 7) is 4.99. The Morgan fingerprint density at radius 2 is 2.05 bits per heavy atom. The summed E-state index contributed by atoms with van der Waals surface area (Å²) in [5, 5.41) is 4.51. The molecule has 4 nitrogen and oxygen atoms in total. The molecular formula is C15H21BrN4. The molecule has 0 aliphatic rings. The highest BCUT2D eigenvalue weighted by atomic mass is 79.9. The summed E-state index contributed by atoms with van der Waals surface area (Å²) in [6, 6.07) is 4.23. The highest BCUT2D eigenvalue weighted by Crippen LogP contribution is 2.22. The Bertz CT molecular complexity index is 551. The van der Waals surface area contributed by atoms with Crippen LogP contribution >= 0.6 is 15.9 Å². The van der Waals surface area contributed by atoms with E-state index in [0.29, 0.717) is 0 Å². The molecular weight excluding hydrogens is 316 g/mol. The van der Waals surface area contributed by atoms with Crippen LogP contribution in [-0.2, 0) is 19.4 Å². The van der Waals surface area contributed by atoms with Gasteiger partial charge in [-0.3, -0.25) is 9.67 Å². The van der Waals surface area contributed by atoms with Gasteiger partial charge in [0.25, 0.3) is 0 Å². The normalized spacial score (nSPS) is 12.6. The van der Waals surface area contributed by atoms with Crippen LogP contribution in [0.15, 0.2) is 29.0 Å². The third-order valence-electron chi connectivity index (χ3n) is 3.46. The van der Waals surface area contributed by atoms with Crippen molar-refractivity contribution in [2.24, 2.45) is 5.73 Å². The Hall–Kier alpha value is -1.20. The molecule has 0 fully saturated rings. The molecule has 0 radical (unpaired) electrons. The van der Waals surface area contributed by atoms with Crippen LogP contribution in [0.3, 0.4) is 0 Å². The number of nitrogens with zero attached hydrogens (tertiary/aromatic N) is 3. The average Bonchev–Trinajstić information content (AvgIpc) is 2.74. The zero-order valence-electron chi connectivity index (χ0n) is 12.0. The molecule has 2 aromatic rings. The van der Waals surface area contributed by atoms with Gasteiger partial charge in [0.15, 0.2) is 0 Å². The monoisotopic (exact) mass is 336 g/mol. The number of hydrogen-bond donors (Lipinski definition) is 1. The molecule has 0 aliphatic heterocycles. The first kappa shape index (κ1) is 15.2. The number of aromatic nitrogens is 3. The van der Waals surface area contributed by atoms with Crippen LogP contribution in [0.4, 0.5) is 0 Å². The third kappa shape index (κ3) is 3.67. The lowest BCUT2D eigenvalue weighted by Gasteiger charge is -2.13. The average molecular weight is 337 g/mol. The Morgan fingerprint density at radius 1 is 1.35 bits per heavy atom. The second kappa shape index (κ2) is 6.99. The van der Waals surface area contributed by atoms with E-state index in [1.54, 1.807) is 0 Å². The number of pyridine rings is 1. The summed E-state index contributed by atoms with van der Waals surface area (Å²) in [5.74, 6) is 0. The molecule has 0 bridgehead atoms. The molecule has 5 heteroatoms. The molecule has 2 N–H and O–H groups in total. The van der Waals surface area contributed by atoms with Crippen LogP contribution in [0.25, 0.3) is 0 Å². The molecule has 0 spiro atoms. The van der Waals surface area contributed by atoms with Gasteiger partial charge in [0, 0.05) is 31.4 Å². The van der Waals surface area contributed by atoms with Crippen molar-refractivity contribution < 1.29 is 0 Å². The smallest absolute Gasteiger partial charge is 0.0738 e. The minimum Gasteiger partial charge on any atom is -0.327 e. The second-order valence-corrected chi connectivity index (χ2v) is 5.81. The van der Waals surface area contributed by atoms with Gasteiger partial charge in [-0.15, -0.1) is 0 Å². The third-order valence-corrected chi connectivity index (χ3v) is 4.49.